The summed E-state index contributed by atoms with van der Waals surface area (Å²) in [7, 11) is 1.69. The Balaban J connectivity index is 0.00000182. The fourth-order valence-electron chi connectivity index (χ4n) is 3.71. The molecule has 0 aliphatic carbocycles. The molecule has 1 aromatic rings. The number of amides is 1. The number of halogens is 2. The van der Waals surface area contributed by atoms with Crippen LogP contribution in [0.1, 0.15) is 31.4 Å². The summed E-state index contributed by atoms with van der Waals surface area (Å²) in [6.45, 7) is 5.95. The molecule has 2 fully saturated rings. The maximum Gasteiger partial charge on any atom is 0.251 e. The Hall–Kier alpha value is -1.05. The normalized spacial score (nSPS) is 23.9. The Bertz CT molecular complexity index is 597. The lowest BCUT2D eigenvalue weighted by atomic mass is 10.1. The van der Waals surface area contributed by atoms with E-state index in [1.165, 1.54) is 5.56 Å². The lowest BCUT2D eigenvalue weighted by molar-refractivity contribution is -0.144. The molecule has 3 atom stereocenters. The summed E-state index contributed by atoms with van der Waals surface area (Å²) in [5, 5.41) is 0. The van der Waals surface area contributed by atoms with Gasteiger partial charge in [0.2, 0.25) is 0 Å². The van der Waals surface area contributed by atoms with Crippen LogP contribution in [-0.2, 0) is 9.53 Å². The van der Waals surface area contributed by atoms with Gasteiger partial charge in [-0.1, -0.05) is 12.1 Å². The molecule has 2 saturated heterocycles. The average molecular weight is 420 g/mol. The first-order chi connectivity index (χ1) is 12.1. The molecule has 0 aromatic heterocycles. The van der Waals surface area contributed by atoms with Crippen molar-refractivity contribution in [3.63, 3.8) is 0 Å². The zero-order valence-corrected chi connectivity index (χ0v) is 17.6. The van der Waals surface area contributed by atoms with E-state index in [1.54, 1.807) is 7.11 Å². The molecule has 3 rings (SSSR count). The molecular weight excluding hydrogens is 389 g/mol. The number of piperazine rings is 1. The Morgan fingerprint density at radius 2 is 1.96 bits per heavy atom. The van der Waals surface area contributed by atoms with E-state index in [4.69, 9.17) is 15.2 Å². The lowest BCUT2D eigenvalue weighted by Crippen LogP contribution is -2.51. The van der Waals surface area contributed by atoms with Crippen LogP contribution in [0.4, 0.5) is 0 Å². The highest BCUT2D eigenvalue weighted by Crippen LogP contribution is 2.26. The molecule has 2 aliphatic rings. The third-order valence-corrected chi connectivity index (χ3v) is 5.40. The number of benzene rings is 1. The average Bonchev–Trinajstić information content (AvgIpc) is 3.16. The number of carbonyl (C=O) groups is 1. The minimum absolute atomic E-state index is 0. The van der Waals surface area contributed by atoms with Gasteiger partial charge in [0, 0.05) is 38.8 Å². The molecule has 1 unspecified atom stereocenters. The van der Waals surface area contributed by atoms with Crippen LogP contribution in [0.3, 0.4) is 0 Å². The SMILES string of the molecule is COc1cccc(C(C)N2CCN(C(=O)[C@@H]3CC[C@H](CN)O3)CC2)c1.Cl.Cl. The predicted octanol–water partition coefficient (Wildman–Crippen LogP) is 2.25. The molecular formula is C19H31Cl2N3O3. The summed E-state index contributed by atoms with van der Waals surface area (Å²) in [5.74, 6) is 1.01. The van der Waals surface area contributed by atoms with Gasteiger partial charge in [-0.15, -0.1) is 24.8 Å². The Kier molecular flexibility index (Phi) is 9.84. The van der Waals surface area contributed by atoms with Crippen molar-refractivity contribution < 1.29 is 14.3 Å². The molecule has 154 valence electrons. The topological polar surface area (TPSA) is 68.0 Å². The molecule has 0 saturated carbocycles. The molecule has 2 N–H and O–H groups in total. The predicted molar refractivity (Wildman–Crippen MR) is 111 cm³/mol. The zero-order chi connectivity index (χ0) is 17.8. The van der Waals surface area contributed by atoms with Crippen LogP contribution in [-0.4, -0.2) is 67.7 Å². The van der Waals surface area contributed by atoms with E-state index in [1.807, 2.05) is 17.0 Å². The minimum atomic E-state index is -0.295. The van der Waals surface area contributed by atoms with Crippen molar-refractivity contribution in [2.24, 2.45) is 5.73 Å². The van der Waals surface area contributed by atoms with Crippen LogP contribution >= 0.6 is 24.8 Å². The number of methoxy groups -OCH3 is 1. The van der Waals surface area contributed by atoms with Crippen LogP contribution in [0.2, 0.25) is 0 Å². The lowest BCUT2D eigenvalue weighted by Gasteiger charge is -2.39. The summed E-state index contributed by atoms with van der Waals surface area (Å²) in [5.41, 5.74) is 6.88. The number of hydrogen-bond acceptors (Lipinski definition) is 5. The van der Waals surface area contributed by atoms with E-state index in [0.717, 1.165) is 44.8 Å². The van der Waals surface area contributed by atoms with E-state index >= 15 is 0 Å². The fraction of sp³-hybridized carbons (Fsp3) is 0.632. The molecule has 8 heteroatoms. The van der Waals surface area contributed by atoms with Crippen molar-refractivity contribution in [3.05, 3.63) is 29.8 Å². The smallest absolute Gasteiger partial charge is 0.251 e. The first-order valence-electron chi connectivity index (χ1n) is 9.14. The molecule has 27 heavy (non-hydrogen) atoms. The van der Waals surface area contributed by atoms with Gasteiger partial charge in [0.15, 0.2) is 0 Å². The minimum Gasteiger partial charge on any atom is -0.497 e. The molecule has 0 bridgehead atoms. The largest absolute Gasteiger partial charge is 0.497 e. The van der Waals surface area contributed by atoms with Gasteiger partial charge in [0.05, 0.1) is 13.2 Å². The van der Waals surface area contributed by atoms with Crippen LogP contribution in [0.15, 0.2) is 24.3 Å². The van der Waals surface area contributed by atoms with Crippen molar-refractivity contribution in [3.8, 4) is 5.75 Å². The summed E-state index contributed by atoms with van der Waals surface area (Å²) in [6.07, 6.45) is 1.43. The summed E-state index contributed by atoms with van der Waals surface area (Å²) in [4.78, 5) is 17.0. The van der Waals surface area contributed by atoms with Gasteiger partial charge >= 0.3 is 0 Å². The van der Waals surface area contributed by atoms with Gasteiger partial charge in [0.25, 0.3) is 5.91 Å². The van der Waals surface area contributed by atoms with Gasteiger partial charge in [-0.25, -0.2) is 0 Å². The third-order valence-electron chi connectivity index (χ3n) is 5.40. The molecule has 0 spiro atoms. The van der Waals surface area contributed by atoms with Gasteiger partial charge < -0.3 is 20.1 Å². The first kappa shape index (κ1) is 24.0. The van der Waals surface area contributed by atoms with E-state index in [0.29, 0.717) is 12.6 Å². The molecule has 2 heterocycles. The molecule has 0 radical (unpaired) electrons. The standard InChI is InChI=1S/C19H29N3O3.2ClH/c1-14(15-4-3-5-16(12-15)24-2)21-8-10-22(11-9-21)19(23)18-7-6-17(13-20)25-18;;/h3-5,12,14,17-18H,6-11,13,20H2,1-2H3;2*1H/t14?,17-,18+;;/m1../s1. The van der Waals surface area contributed by atoms with Gasteiger partial charge in [-0.2, -0.15) is 0 Å². The van der Waals surface area contributed by atoms with Crippen molar-refractivity contribution in [2.45, 2.75) is 38.0 Å². The third kappa shape index (κ3) is 5.72. The maximum absolute atomic E-state index is 12.6. The van der Waals surface area contributed by atoms with Crippen molar-refractivity contribution in [1.29, 1.82) is 0 Å². The Morgan fingerprint density at radius 3 is 2.56 bits per heavy atom. The summed E-state index contributed by atoms with van der Waals surface area (Å²) >= 11 is 0. The zero-order valence-electron chi connectivity index (χ0n) is 16.0. The second-order valence-electron chi connectivity index (χ2n) is 6.87. The Labute approximate surface area is 174 Å². The number of nitrogens with two attached hydrogens (primary N) is 1. The number of rotatable bonds is 5. The molecule has 1 aromatic carbocycles. The van der Waals surface area contributed by atoms with Gasteiger partial charge in [0.1, 0.15) is 11.9 Å². The highest BCUT2D eigenvalue weighted by atomic mass is 35.5. The van der Waals surface area contributed by atoms with E-state index in [-0.39, 0.29) is 42.9 Å². The summed E-state index contributed by atoms with van der Waals surface area (Å²) < 4.78 is 11.1. The molecule has 2 aliphatic heterocycles. The maximum atomic E-state index is 12.6. The Morgan fingerprint density at radius 1 is 1.26 bits per heavy atom. The highest BCUT2D eigenvalue weighted by Gasteiger charge is 2.34. The summed E-state index contributed by atoms with van der Waals surface area (Å²) in [6, 6.07) is 8.50. The van der Waals surface area contributed by atoms with E-state index < -0.39 is 0 Å². The van der Waals surface area contributed by atoms with Crippen LogP contribution in [0.25, 0.3) is 0 Å². The number of ether oxygens (including phenoxy) is 2. The first-order valence-corrected chi connectivity index (χ1v) is 9.14. The van der Waals surface area contributed by atoms with Crippen LogP contribution in [0, 0.1) is 0 Å². The van der Waals surface area contributed by atoms with Crippen molar-refractivity contribution in [1.82, 2.24) is 9.80 Å². The van der Waals surface area contributed by atoms with Gasteiger partial charge in [-0.05, 0) is 37.5 Å². The second-order valence-corrected chi connectivity index (χ2v) is 6.87. The van der Waals surface area contributed by atoms with Crippen LogP contribution < -0.4 is 10.5 Å². The highest BCUT2D eigenvalue weighted by molar-refractivity contribution is 5.85. The molecule has 1 amide bonds. The van der Waals surface area contributed by atoms with Crippen molar-refractivity contribution >= 4 is 30.7 Å². The number of nitrogens with zero attached hydrogens (tertiary/aromatic N) is 2. The second kappa shape index (κ2) is 11.1. The van der Waals surface area contributed by atoms with E-state index in [9.17, 15) is 4.79 Å². The number of carbonyl (C=O) groups excluding carboxylic acids is 1. The molecule has 6 nitrogen and oxygen atoms in total. The fourth-order valence-corrected chi connectivity index (χ4v) is 3.71. The van der Waals surface area contributed by atoms with Crippen molar-refractivity contribution in [2.75, 3.05) is 39.8 Å². The number of hydrogen-bond donors (Lipinski definition) is 1. The quantitative estimate of drug-likeness (QED) is 0.792. The van der Waals surface area contributed by atoms with E-state index in [2.05, 4.69) is 24.0 Å². The van der Waals surface area contributed by atoms with Gasteiger partial charge in [-0.3, -0.25) is 9.69 Å². The van der Waals surface area contributed by atoms with Crippen LogP contribution in [0.5, 0.6) is 5.75 Å². The monoisotopic (exact) mass is 419 g/mol.